The summed E-state index contributed by atoms with van der Waals surface area (Å²) in [5.41, 5.74) is -0.563. The first-order valence-electron chi connectivity index (χ1n) is 6.10. The van der Waals surface area contributed by atoms with Gasteiger partial charge in [0.2, 0.25) is 0 Å². The van der Waals surface area contributed by atoms with Crippen LogP contribution in [0, 0.1) is 0 Å². The largest absolute Gasteiger partial charge is 0.433 e. The smallest absolute Gasteiger partial charge is 0.331 e. The number of aromatic nitrogens is 5. The maximum atomic E-state index is 12.4. The zero-order valence-corrected chi connectivity index (χ0v) is 11.6. The highest BCUT2D eigenvalue weighted by atomic mass is 19.4. The number of tetrazole rings is 1. The van der Waals surface area contributed by atoms with E-state index in [-0.39, 0.29) is 5.95 Å². The molecule has 0 radical (unpaired) electrons. The second-order valence-corrected chi connectivity index (χ2v) is 4.40. The van der Waals surface area contributed by atoms with Gasteiger partial charge in [-0.05, 0) is 23.8 Å². The number of alkyl halides is 3. The summed E-state index contributed by atoms with van der Waals surface area (Å²) in [4.78, 5) is 16.2. The first-order chi connectivity index (χ1) is 10.3. The van der Waals surface area contributed by atoms with Gasteiger partial charge in [0.1, 0.15) is 5.69 Å². The molecule has 1 atom stereocenters. The number of nitrogens with one attached hydrogen (secondary N) is 2. The Labute approximate surface area is 122 Å². The minimum atomic E-state index is -4.50. The summed E-state index contributed by atoms with van der Waals surface area (Å²) in [6.07, 6.45) is -3.43. The molecule has 0 fully saturated rings. The molecule has 0 saturated carbocycles. The quantitative estimate of drug-likeness (QED) is 0.894. The number of hydrogen-bond donors (Lipinski definition) is 2. The minimum Gasteiger partial charge on any atom is -0.331 e. The summed E-state index contributed by atoms with van der Waals surface area (Å²) in [5, 5.41) is 15.7. The molecule has 22 heavy (non-hydrogen) atoms. The second kappa shape index (κ2) is 5.95. The summed E-state index contributed by atoms with van der Waals surface area (Å²) >= 11 is 0. The Balaban J connectivity index is 1.96. The lowest BCUT2D eigenvalue weighted by Gasteiger charge is -2.14. The zero-order chi connectivity index (χ0) is 16.3. The SMILES string of the molecule is C[C@@H](NC(=O)Nc1nnn(C)n1)c1ccc(C(F)(F)F)nc1. The number of carbonyl (C=O) groups excluding carboxylic acids is 1. The van der Waals surface area contributed by atoms with Crippen LogP contribution in [0.1, 0.15) is 24.2 Å². The van der Waals surface area contributed by atoms with Crippen molar-refractivity contribution in [2.45, 2.75) is 19.1 Å². The average Bonchev–Trinajstić information content (AvgIpc) is 2.83. The number of aryl methyl sites for hydroxylation is 1. The first kappa shape index (κ1) is 15.7. The third-order valence-corrected chi connectivity index (χ3v) is 2.66. The molecule has 8 nitrogen and oxygen atoms in total. The monoisotopic (exact) mass is 315 g/mol. The van der Waals surface area contributed by atoms with Crippen LogP contribution < -0.4 is 10.6 Å². The van der Waals surface area contributed by atoms with Gasteiger partial charge in [-0.15, -0.1) is 5.10 Å². The Morgan fingerprint density at radius 3 is 2.59 bits per heavy atom. The van der Waals surface area contributed by atoms with Crippen LogP contribution in [-0.4, -0.2) is 31.2 Å². The normalized spacial score (nSPS) is 12.8. The van der Waals surface area contributed by atoms with Gasteiger partial charge in [-0.3, -0.25) is 10.3 Å². The standard InChI is InChI=1S/C11H12F3N7O/c1-6(7-3-4-8(15-5-7)11(12,13)14)16-10(22)17-9-18-20-21(2)19-9/h3-6H,1-2H3,(H2,16,17,19,22)/t6-/m1/s1. The van der Waals surface area contributed by atoms with Crippen LogP contribution in [0.25, 0.3) is 0 Å². The van der Waals surface area contributed by atoms with Crippen LogP contribution in [0.15, 0.2) is 18.3 Å². The number of urea groups is 1. The topological polar surface area (TPSA) is 97.6 Å². The van der Waals surface area contributed by atoms with E-state index in [1.807, 2.05) is 0 Å². The summed E-state index contributed by atoms with van der Waals surface area (Å²) in [6, 6.07) is 0.948. The third-order valence-electron chi connectivity index (χ3n) is 2.66. The maximum Gasteiger partial charge on any atom is 0.433 e. The number of hydrogen-bond acceptors (Lipinski definition) is 5. The zero-order valence-electron chi connectivity index (χ0n) is 11.6. The molecular formula is C11H12F3N7O. The predicted octanol–water partition coefficient (Wildman–Crippen LogP) is 1.51. The van der Waals surface area contributed by atoms with Crippen molar-refractivity contribution in [2.24, 2.45) is 7.05 Å². The molecule has 2 N–H and O–H groups in total. The molecule has 0 spiro atoms. The van der Waals surface area contributed by atoms with Gasteiger partial charge >= 0.3 is 12.2 Å². The fraction of sp³-hybridized carbons (Fsp3) is 0.364. The van der Waals surface area contributed by atoms with Gasteiger partial charge in [-0.1, -0.05) is 11.2 Å². The Morgan fingerprint density at radius 2 is 2.09 bits per heavy atom. The molecule has 0 aromatic carbocycles. The summed E-state index contributed by atoms with van der Waals surface area (Å²) in [6.45, 7) is 1.61. The van der Waals surface area contributed by atoms with E-state index >= 15 is 0 Å². The second-order valence-electron chi connectivity index (χ2n) is 4.40. The van der Waals surface area contributed by atoms with E-state index in [9.17, 15) is 18.0 Å². The van der Waals surface area contributed by atoms with Gasteiger partial charge in [0.25, 0.3) is 5.95 Å². The van der Waals surface area contributed by atoms with Gasteiger partial charge in [0, 0.05) is 6.20 Å². The van der Waals surface area contributed by atoms with Crippen molar-refractivity contribution in [2.75, 3.05) is 5.32 Å². The highest BCUT2D eigenvalue weighted by Crippen LogP contribution is 2.27. The number of rotatable bonds is 3. The van der Waals surface area contributed by atoms with Crippen LogP contribution in [-0.2, 0) is 13.2 Å². The third kappa shape index (κ3) is 3.90. The molecule has 0 aliphatic rings. The van der Waals surface area contributed by atoms with Crippen LogP contribution in [0.2, 0.25) is 0 Å². The maximum absolute atomic E-state index is 12.4. The van der Waals surface area contributed by atoms with Gasteiger partial charge in [0.05, 0.1) is 13.1 Å². The summed E-state index contributed by atoms with van der Waals surface area (Å²) in [5.74, 6) is 0.0118. The van der Waals surface area contributed by atoms with Crippen LogP contribution in [0.4, 0.5) is 23.9 Å². The van der Waals surface area contributed by atoms with Crippen LogP contribution in [0.5, 0.6) is 0 Å². The van der Waals surface area contributed by atoms with Crippen molar-refractivity contribution < 1.29 is 18.0 Å². The molecule has 2 amide bonds. The molecule has 0 bridgehead atoms. The van der Waals surface area contributed by atoms with E-state index in [1.165, 1.54) is 17.9 Å². The Bertz CT molecular complexity index is 652. The number of anilines is 1. The average molecular weight is 315 g/mol. The molecule has 2 aromatic heterocycles. The molecule has 0 aliphatic heterocycles. The molecule has 2 heterocycles. The molecular weight excluding hydrogens is 303 g/mol. The van der Waals surface area contributed by atoms with Crippen molar-refractivity contribution in [3.63, 3.8) is 0 Å². The minimum absolute atomic E-state index is 0.0118. The van der Waals surface area contributed by atoms with E-state index in [0.717, 1.165) is 12.3 Å². The van der Waals surface area contributed by atoms with Crippen molar-refractivity contribution in [3.8, 4) is 0 Å². The van der Waals surface area contributed by atoms with E-state index in [4.69, 9.17) is 0 Å². The van der Waals surface area contributed by atoms with Gasteiger partial charge < -0.3 is 5.32 Å². The molecule has 0 unspecified atom stereocenters. The van der Waals surface area contributed by atoms with Gasteiger partial charge in [-0.25, -0.2) is 4.79 Å². The first-order valence-corrected chi connectivity index (χ1v) is 6.10. The fourth-order valence-corrected chi connectivity index (χ4v) is 1.58. The molecule has 2 rings (SSSR count). The number of pyridine rings is 1. The lowest BCUT2D eigenvalue weighted by atomic mass is 10.1. The van der Waals surface area contributed by atoms with Crippen molar-refractivity contribution in [1.82, 2.24) is 30.5 Å². The lowest BCUT2D eigenvalue weighted by Crippen LogP contribution is -2.31. The van der Waals surface area contributed by atoms with Gasteiger partial charge in [0.15, 0.2) is 0 Å². The van der Waals surface area contributed by atoms with E-state index < -0.39 is 23.9 Å². The van der Waals surface area contributed by atoms with Gasteiger partial charge in [-0.2, -0.15) is 18.0 Å². The molecule has 2 aromatic rings. The molecule has 11 heteroatoms. The van der Waals surface area contributed by atoms with Crippen molar-refractivity contribution >= 4 is 12.0 Å². The predicted molar refractivity (Wildman–Crippen MR) is 68.6 cm³/mol. The Kier molecular flexibility index (Phi) is 4.24. The molecule has 0 saturated heterocycles. The number of nitrogens with zero attached hydrogens (tertiary/aromatic N) is 5. The highest BCUT2D eigenvalue weighted by Gasteiger charge is 2.32. The van der Waals surface area contributed by atoms with E-state index in [1.54, 1.807) is 6.92 Å². The van der Waals surface area contributed by atoms with Crippen molar-refractivity contribution in [1.29, 1.82) is 0 Å². The fourth-order valence-electron chi connectivity index (χ4n) is 1.58. The number of amides is 2. The van der Waals surface area contributed by atoms with E-state index in [2.05, 4.69) is 31.0 Å². The summed E-state index contributed by atoms with van der Waals surface area (Å²) in [7, 11) is 1.53. The van der Waals surface area contributed by atoms with Crippen molar-refractivity contribution in [3.05, 3.63) is 29.6 Å². The van der Waals surface area contributed by atoms with Crippen LogP contribution >= 0.6 is 0 Å². The van der Waals surface area contributed by atoms with E-state index in [0.29, 0.717) is 5.56 Å². The Hall–Kier alpha value is -2.72. The summed E-state index contributed by atoms with van der Waals surface area (Å²) < 4.78 is 37.2. The Morgan fingerprint density at radius 1 is 1.36 bits per heavy atom. The number of halogens is 3. The molecule has 118 valence electrons. The molecule has 0 aliphatic carbocycles. The van der Waals surface area contributed by atoms with Crippen LogP contribution in [0.3, 0.4) is 0 Å². The number of carbonyl (C=O) groups is 1. The highest BCUT2D eigenvalue weighted by molar-refractivity contribution is 5.87. The lowest BCUT2D eigenvalue weighted by molar-refractivity contribution is -0.141.